The van der Waals surface area contributed by atoms with Gasteiger partial charge in [0.05, 0.1) is 0 Å². The van der Waals surface area contributed by atoms with Gasteiger partial charge in [0.15, 0.2) is 4.87 Å². The van der Waals surface area contributed by atoms with E-state index in [1.807, 2.05) is 0 Å². The van der Waals surface area contributed by atoms with E-state index in [1.165, 1.54) is 11.8 Å². The van der Waals surface area contributed by atoms with E-state index in [1.54, 1.807) is 6.26 Å². The fourth-order valence-corrected chi connectivity index (χ4v) is 3.52. The summed E-state index contributed by atoms with van der Waals surface area (Å²) in [5, 5.41) is 20.4. The third-order valence-electron chi connectivity index (χ3n) is 1.89. The molecule has 0 radical (unpaired) electrons. The normalized spacial score (nSPS) is 31.6. The summed E-state index contributed by atoms with van der Waals surface area (Å²) in [5.74, 6) is -1.35. The number of carboxylic acids is 2. The van der Waals surface area contributed by atoms with Gasteiger partial charge in [0.1, 0.15) is 6.04 Å². The van der Waals surface area contributed by atoms with Crippen LogP contribution in [0, 0.1) is 0 Å². The maximum Gasteiger partial charge on any atom is 0.335 e. The molecule has 1 aliphatic rings. The van der Waals surface area contributed by atoms with Crippen molar-refractivity contribution in [1.29, 1.82) is 0 Å². The standard InChI is InChI=1S/C7H11NO4S2/c1-13-3-7(6(11)12)8-4(2-14-7)5(9)10/h4,8H,2-3H2,1H3,(H,9,10)(H,11,12). The highest BCUT2D eigenvalue weighted by atomic mass is 32.2. The van der Waals surface area contributed by atoms with Crippen LogP contribution < -0.4 is 5.32 Å². The highest BCUT2D eigenvalue weighted by molar-refractivity contribution is 8.04. The zero-order valence-electron chi connectivity index (χ0n) is 7.52. The summed E-state index contributed by atoms with van der Waals surface area (Å²) in [6.07, 6.45) is 1.79. The zero-order chi connectivity index (χ0) is 10.8. The quantitative estimate of drug-likeness (QED) is 0.630. The molecule has 5 nitrogen and oxygen atoms in total. The number of carbonyl (C=O) groups is 2. The Balaban J connectivity index is 2.74. The molecule has 14 heavy (non-hydrogen) atoms. The van der Waals surface area contributed by atoms with Crippen LogP contribution >= 0.6 is 23.5 Å². The van der Waals surface area contributed by atoms with E-state index < -0.39 is 22.9 Å². The van der Waals surface area contributed by atoms with Crippen molar-refractivity contribution in [2.45, 2.75) is 10.9 Å². The monoisotopic (exact) mass is 237 g/mol. The fourth-order valence-electron chi connectivity index (χ4n) is 1.20. The molecule has 2 unspecified atom stereocenters. The first-order chi connectivity index (χ1) is 6.52. The van der Waals surface area contributed by atoms with Crippen molar-refractivity contribution in [1.82, 2.24) is 5.32 Å². The molecule has 7 heteroatoms. The topological polar surface area (TPSA) is 86.6 Å². The Labute approximate surface area is 89.6 Å². The van der Waals surface area contributed by atoms with Gasteiger partial charge in [0.25, 0.3) is 0 Å². The van der Waals surface area contributed by atoms with Gasteiger partial charge in [-0.1, -0.05) is 0 Å². The molecule has 80 valence electrons. The number of nitrogens with one attached hydrogen (secondary N) is 1. The van der Waals surface area contributed by atoms with E-state index >= 15 is 0 Å². The second-order valence-electron chi connectivity index (χ2n) is 2.91. The number of hydrogen-bond donors (Lipinski definition) is 3. The second kappa shape index (κ2) is 4.41. The van der Waals surface area contributed by atoms with Crippen molar-refractivity contribution in [2.24, 2.45) is 0 Å². The fraction of sp³-hybridized carbons (Fsp3) is 0.714. The van der Waals surface area contributed by atoms with Gasteiger partial charge in [-0.15, -0.1) is 11.8 Å². The van der Waals surface area contributed by atoms with Crippen LogP contribution in [-0.4, -0.2) is 50.8 Å². The second-order valence-corrected chi connectivity index (χ2v) is 5.10. The number of aliphatic carboxylic acids is 2. The Bertz CT molecular complexity index is 260. The zero-order valence-corrected chi connectivity index (χ0v) is 9.15. The van der Waals surface area contributed by atoms with E-state index in [9.17, 15) is 9.59 Å². The van der Waals surface area contributed by atoms with Gasteiger partial charge in [0, 0.05) is 11.5 Å². The van der Waals surface area contributed by atoms with Crippen molar-refractivity contribution in [3.05, 3.63) is 0 Å². The van der Waals surface area contributed by atoms with E-state index in [0.29, 0.717) is 11.5 Å². The summed E-state index contributed by atoms with van der Waals surface area (Å²) in [4.78, 5) is 20.5. The highest BCUT2D eigenvalue weighted by Crippen LogP contribution is 2.33. The lowest BCUT2D eigenvalue weighted by Crippen LogP contribution is -2.52. The first-order valence-corrected chi connectivity index (χ1v) is 6.26. The minimum Gasteiger partial charge on any atom is -0.480 e. The molecule has 2 atom stereocenters. The van der Waals surface area contributed by atoms with Gasteiger partial charge in [-0.3, -0.25) is 10.1 Å². The van der Waals surface area contributed by atoms with Crippen LogP contribution in [0.1, 0.15) is 0 Å². The molecule has 0 spiro atoms. The van der Waals surface area contributed by atoms with Gasteiger partial charge >= 0.3 is 11.9 Å². The molecule has 0 aliphatic carbocycles. The Morgan fingerprint density at radius 3 is 2.64 bits per heavy atom. The van der Waals surface area contributed by atoms with Gasteiger partial charge in [-0.25, -0.2) is 4.79 Å². The first-order valence-electron chi connectivity index (χ1n) is 3.88. The Kier molecular flexibility index (Phi) is 3.68. The molecule has 0 aromatic carbocycles. The van der Waals surface area contributed by atoms with E-state index in [0.717, 1.165) is 11.8 Å². The maximum atomic E-state index is 11.0. The largest absolute Gasteiger partial charge is 0.480 e. The average Bonchev–Trinajstić information content (AvgIpc) is 2.50. The van der Waals surface area contributed by atoms with Crippen molar-refractivity contribution in [3.63, 3.8) is 0 Å². The van der Waals surface area contributed by atoms with E-state index in [4.69, 9.17) is 10.2 Å². The molecular formula is C7H11NO4S2. The molecule has 1 saturated heterocycles. The smallest absolute Gasteiger partial charge is 0.335 e. The average molecular weight is 237 g/mol. The summed E-state index contributed by atoms with van der Waals surface area (Å²) in [7, 11) is 0. The summed E-state index contributed by atoms with van der Waals surface area (Å²) in [6, 6.07) is -0.761. The molecule has 1 fully saturated rings. The highest BCUT2D eigenvalue weighted by Gasteiger charge is 2.47. The maximum absolute atomic E-state index is 11.0. The van der Waals surface area contributed by atoms with Gasteiger partial charge in [0.2, 0.25) is 0 Å². The van der Waals surface area contributed by atoms with Crippen LogP contribution in [-0.2, 0) is 9.59 Å². The van der Waals surface area contributed by atoms with Crippen molar-refractivity contribution in [2.75, 3.05) is 17.8 Å². The number of thioether (sulfide) groups is 2. The van der Waals surface area contributed by atoms with Gasteiger partial charge < -0.3 is 10.2 Å². The number of hydrogen-bond acceptors (Lipinski definition) is 5. The summed E-state index contributed by atoms with van der Waals surface area (Å²) < 4.78 is 0. The van der Waals surface area contributed by atoms with E-state index in [-0.39, 0.29) is 0 Å². The molecule has 0 saturated carbocycles. The third-order valence-corrected chi connectivity index (χ3v) is 4.23. The van der Waals surface area contributed by atoms with Crippen LogP contribution in [0.4, 0.5) is 0 Å². The van der Waals surface area contributed by atoms with Crippen LogP contribution in [0.3, 0.4) is 0 Å². The number of rotatable bonds is 4. The lowest BCUT2D eigenvalue weighted by molar-refractivity contribution is -0.141. The van der Waals surface area contributed by atoms with Crippen LogP contribution in [0.2, 0.25) is 0 Å². The van der Waals surface area contributed by atoms with Gasteiger partial charge in [-0.05, 0) is 6.26 Å². The molecule has 1 aliphatic heterocycles. The minimum absolute atomic E-state index is 0.294. The SMILES string of the molecule is CSCC1(C(=O)O)NC(C(=O)O)CS1. The minimum atomic E-state index is -1.14. The Morgan fingerprint density at radius 1 is 1.64 bits per heavy atom. The van der Waals surface area contributed by atoms with E-state index in [2.05, 4.69) is 5.32 Å². The van der Waals surface area contributed by atoms with Crippen LogP contribution in [0.5, 0.6) is 0 Å². The number of carboxylic acid groups (broad SMARTS) is 2. The van der Waals surface area contributed by atoms with Crippen LogP contribution in [0.15, 0.2) is 0 Å². The third kappa shape index (κ3) is 2.15. The van der Waals surface area contributed by atoms with Crippen LogP contribution in [0.25, 0.3) is 0 Å². The van der Waals surface area contributed by atoms with Gasteiger partial charge in [-0.2, -0.15) is 11.8 Å². The molecule has 0 bridgehead atoms. The summed E-state index contributed by atoms with van der Waals surface area (Å²) >= 11 is 2.53. The molecular weight excluding hydrogens is 226 g/mol. The lowest BCUT2D eigenvalue weighted by Gasteiger charge is -2.22. The Hall–Kier alpha value is -0.400. The molecule has 0 aromatic rings. The summed E-state index contributed by atoms with van der Waals surface area (Å²) in [5.41, 5.74) is 0. The predicted molar refractivity (Wildman–Crippen MR) is 55.8 cm³/mol. The molecule has 3 N–H and O–H groups in total. The predicted octanol–water partition coefficient (Wildman–Crippen LogP) is -0.0801. The summed E-state index contributed by atoms with van der Waals surface area (Å²) in [6.45, 7) is 0. The molecule has 1 rings (SSSR count). The molecule has 1 heterocycles. The molecule has 0 amide bonds. The lowest BCUT2D eigenvalue weighted by atomic mass is 10.2. The first kappa shape index (κ1) is 11.7. The molecule has 0 aromatic heterocycles. The van der Waals surface area contributed by atoms with Crippen molar-refractivity contribution >= 4 is 35.5 Å². The van der Waals surface area contributed by atoms with Crippen molar-refractivity contribution < 1.29 is 19.8 Å². The van der Waals surface area contributed by atoms with Crippen molar-refractivity contribution in [3.8, 4) is 0 Å². The Morgan fingerprint density at radius 2 is 2.29 bits per heavy atom.